The molecule has 1 aliphatic rings. The molecule has 0 fully saturated rings. The first-order valence-electron chi connectivity index (χ1n) is 11.0. The van der Waals surface area contributed by atoms with Crippen molar-refractivity contribution in [1.82, 2.24) is 14.2 Å². The molecule has 34 heavy (non-hydrogen) atoms. The Bertz CT molecular complexity index is 1140. The fourth-order valence-corrected chi connectivity index (χ4v) is 5.99. The topological polar surface area (TPSA) is 79.8 Å². The summed E-state index contributed by atoms with van der Waals surface area (Å²) in [6.45, 7) is 7.78. The summed E-state index contributed by atoms with van der Waals surface area (Å²) in [7, 11) is -0.385. The average molecular weight is 546 g/mol. The summed E-state index contributed by atoms with van der Waals surface area (Å²) in [5, 5.41) is 0. The molecule has 0 radical (unpaired) electrons. The molecule has 0 spiro atoms. The number of halogens is 1. The van der Waals surface area contributed by atoms with E-state index in [9.17, 15) is 13.8 Å². The van der Waals surface area contributed by atoms with Crippen LogP contribution in [0.15, 0.2) is 76.0 Å². The smallest absolute Gasteiger partial charge is 0.337 e. The lowest BCUT2D eigenvalue weighted by Crippen LogP contribution is -2.53. The van der Waals surface area contributed by atoms with Crippen molar-refractivity contribution in [3.05, 3.63) is 82.4 Å². The number of benzene rings is 1. The molecule has 0 N–H and O–H groups in total. The van der Waals surface area contributed by atoms with Gasteiger partial charge in [-0.2, -0.15) is 0 Å². The summed E-state index contributed by atoms with van der Waals surface area (Å²) in [5.41, 5.74) is 1.88. The van der Waals surface area contributed by atoms with Crippen molar-refractivity contribution < 1.29 is 18.5 Å². The molecule has 2 aromatic rings. The van der Waals surface area contributed by atoms with Crippen LogP contribution in [0.1, 0.15) is 49.2 Å². The zero-order valence-corrected chi connectivity index (χ0v) is 21.9. The second kappa shape index (κ2) is 11.6. The van der Waals surface area contributed by atoms with Gasteiger partial charge >= 0.3 is 5.97 Å². The van der Waals surface area contributed by atoms with Crippen LogP contribution in [-0.2, 0) is 27.1 Å². The Morgan fingerprint density at radius 1 is 1.32 bits per heavy atom. The van der Waals surface area contributed by atoms with Crippen molar-refractivity contribution in [2.24, 2.45) is 0 Å². The first kappa shape index (κ1) is 25.8. The van der Waals surface area contributed by atoms with Crippen molar-refractivity contribution in [3.8, 4) is 0 Å². The molecule has 0 bridgehead atoms. The lowest BCUT2D eigenvalue weighted by Gasteiger charge is -2.48. The predicted molar refractivity (Wildman–Crippen MR) is 135 cm³/mol. The van der Waals surface area contributed by atoms with E-state index in [1.165, 1.54) is 14.0 Å². The molecule has 0 saturated carbocycles. The normalized spacial score (nSPS) is 16.0. The highest BCUT2D eigenvalue weighted by atomic mass is 79.9. The Kier molecular flexibility index (Phi) is 8.79. The second-order valence-corrected chi connectivity index (χ2v) is 10.1. The number of hydrogen-bond acceptors (Lipinski definition) is 5. The van der Waals surface area contributed by atoms with Gasteiger partial charge in [0.1, 0.15) is 5.82 Å². The van der Waals surface area contributed by atoms with Gasteiger partial charge in [0, 0.05) is 23.2 Å². The molecule has 1 unspecified atom stereocenters. The minimum atomic E-state index is -1.69. The van der Waals surface area contributed by atoms with Crippen LogP contribution in [0.5, 0.6) is 0 Å². The summed E-state index contributed by atoms with van der Waals surface area (Å²) in [6, 6.07) is 10.2. The molecule has 2 atom stereocenters. The van der Waals surface area contributed by atoms with E-state index in [1.807, 2.05) is 18.2 Å². The van der Waals surface area contributed by atoms with Crippen molar-refractivity contribution >= 4 is 38.8 Å². The molecule has 180 valence electrons. The van der Waals surface area contributed by atoms with Crippen LogP contribution in [0.3, 0.4) is 0 Å². The summed E-state index contributed by atoms with van der Waals surface area (Å²) in [5.74, 6) is -0.165. The lowest BCUT2D eigenvalue weighted by atomic mass is 9.94. The zero-order chi connectivity index (χ0) is 24.8. The van der Waals surface area contributed by atoms with Gasteiger partial charge in [-0.3, -0.25) is 19.0 Å². The highest BCUT2D eigenvalue weighted by Crippen LogP contribution is 2.41. The van der Waals surface area contributed by atoms with Gasteiger partial charge in [-0.15, -0.1) is 0 Å². The van der Waals surface area contributed by atoms with Crippen LogP contribution in [-0.4, -0.2) is 43.4 Å². The van der Waals surface area contributed by atoms with Gasteiger partial charge in [-0.05, 0) is 36.8 Å². The largest absolute Gasteiger partial charge is 0.465 e. The van der Waals surface area contributed by atoms with Gasteiger partial charge < -0.3 is 4.74 Å². The maximum absolute atomic E-state index is 13.9. The Morgan fingerprint density at radius 3 is 2.68 bits per heavy atom. The number of unbranched alkanes of at least 4 members (excludes halogenated alkanes) is 1. The van der Waals surface area contributed by atoms with E-state index >= 15 is 0 Å². The Morgan fingerprint density at radius 2 is 2.09 bits per heavy atom. The van der Waals surface area contributed by atoms with Gasteiger partial charge in [0.05, 0.1) is 35.8 Å². The summed E-state index contributed by atoms with van der Waals surface area (Å²) in [4.78, 5) is 31.2. The monoisotopic (exact) mass is 545 g/mol. The van der Waals surface area contributed by atoms with Crippen molar-refractivity contribution in [2.75, 3.05) is 7.11 Å². The Hall–Kier alpha value is -2.78. The van der Waals surface area contributed by atoms with E-state index in [0.717, 1.165) is 24.8 Å². The maximum Gasteiger partial charge on any atom is 0.337 e. The van der Waals surface area contributed by atoms with Crippen LogP contribution in [0, 0.1) is 0 Å². The third-order valence-electron chi connectivity index (χ3n) is 5.51. The van der Waals surface area contributed by atoms with Crippen molar-refractivity contribution in [1.29, 1.82) is 0 Å². The van der Waals surface area contributed by atoms with Gasteiger partial charge in [0.15, 0.2) is 11.0 Å². The van der Waals surface area contributed by atoms with Crippen LogP contribution in [0.4, 0.5) is 0 Å². The van der Waals surface area contributed by atoms with Gasteiger partial charge in [0.25, 0.3) is 0 Å². The number of carbonyl (C=O) groups is 2. The highest BCUT2D eigenvalue weighted by molar-refractivity contribution is 9.10. The number of amides is 1. The van der Waals surface area contributed by atoms with Crippen molar-refractivity contribution in [3.63, 3.8) is 0 Å². The third kappa shape index (κ3) is 5.47. The molecule has 0 aliphatic carbocycles. The minimum absolute atomic E-state index is 0.167. The van der Waals surface area contributed by atoms with E-state index in [0.29, 0.717) is 20.9 Å². The highest BCUT2D eigenvalue weighted by Gasteiger charge is 2.43. The quantitative estimate of drug-likeness (QED) is 0.393. The Balaban J connectivity index is 2.06. The van der Waals surface area contributed by atoms with E-state index in [-0.39, 0.29) is 24.1 Å². The first-order valence-corrected chi connectivity index (χ1v) is 12.9. The maximum atomic E-state index is 13.9. The standard InChI is InChI=1S/C25H28BrN3O4S/c1-5-7-11-23-22(6-2)24(28(17(3)30)16-20-10-8-9-12-27-20)29(23)34(32)21-14-18(25(31)33-4)13-19(26)15-21/h6,8-10,12-15,23H,2,5,7,11,16H2,1,3-4H3/t23-,34?/m0/s1. The fourth-order valence-electron chi connectivity index (χ4n) is 3.85. The summed E-state index contributed by atoms with van der Waals surface area (Å²) in [6.07, 6.45) is 6.07. The molecule has 1 aliphatic heterocycles. The molecular formula is C25H28BrN3O4S. The molecule has 3 rings (SSSR count). The fraction of sp³-hybridized carbons (Fsp3) is 0.320. The van der Waals surface area contributed by atoms with Crippen LogP contribution < -0.4 is 0 Å². The van der Waals surface area contributed by atoms with E-state index in [2.05, 4.69) is 34.4 Å². The van der Waals surface area contributed by atoms with Crippen LogP contribution in [0.25, 0.3) is 0 Å². The number of ether oxygens (including phenoxy) is 1. The number of methoxy groups -OCH3 is 1. The molecule has 1 aromatic carbocycles. The van der Waals surface area contributed by atoms with Crippen LogP contribution in [0.2, 0.25) is 0 Å². The molecule has 1 amide bonds. The van der Waals surface area contributed by atoms with Gasteiger partial charge in [-0.25, -0.2) is 9.00 Å². The molecule has 9 heteroatoms. The summed E-state index contributed by atoms with van der Waals surface area (Å²) < 4.78 is 21.1. The number of nitrogens with zero attached hydrogens (tertiary/aromatic N) is 3. The van der Waals surface area contributed by atoms with Gasteiger partial charge in [-0.1, -0.05) is 54.4 Å². The SMILES string of the molecule is C=CC1=C(N(Cc2ccccn2)C(C)=O)N(S(=O)c2cc(Br)cc(C(=O)OC)c2)[C@H]1CCCC. The molecule has 2 heterocycles. The predicted octanol–water partition coefficient (Wildman–Crippen LogP) is 4.97. The first-order chi connectivity index (χ1) is 16.3. The number of esters is 1. The Labute approximate surface area is 211 Å². The number of aromatic nitrogens is 1. The third-order valence-corrected chi connectivity index (χ3v) is 7.40. The van der Waals surface area contributed by atoms with Crippen LogP contribution >= 0.6 is 15.9 Å². The molecule has 7 nitrogen and oxygen atoms in total. The van der Waals surface area contributed by atoms with E-state index in [4.69, 9.17) is 4.74 Å². The minimum Gasteiger partial charge on any atom is -0.465 e. The summed E-state index contributed by atoms with van der Waals surface area (Å²) >= 11 is 3.40. The lowest BCUT2D eigenvalue weighted by molar-refractivity contribution is -0.128. The average Bonchev–Trinajstić information content (AvgIpc) is 2.82. The number of hydrogen-bond donors (Lipinski definition) is 0. The van der Waals surface area contributed by atoms with Gasteiger partial charge in [0.2, 0.25) is 5.91 Å². The van der Waals surface area contributed by atoms with E-state index < -0.39 is 17.0 Å². The molecule has 1 aromatic heterocycles. The zero-order valence-electron chi connectivity index (χ0n) is 19.5. The number of pyridine rings is 1. The number of rotatable bonds is 10. The number of carbonyl (C=O) groups excluding carboxylic acids is 2. The van der Waals surface area contributed by atoms with Crippen molar-refractivity contribution in [2.45, 2.75) is 50.6 Å². The van der Waals surface area contributed by atoms with E-state index in [1.54, 1.807) is 39.7 Å². The second-order valence-electron chi connectivity index (χ2n) is 7.81. The molecule has 0 saturated heterocycles. The molecular weight excluding hydrogens is 518 g/mol.